The van der Waals surface area contributed by atoms with E-state index in [9.17, 15) is 29.1 Å². The van der Waals surface area contributed by atoms with Gasteiger partial charge in [0.25, 0.3) is 5.91 Å². The van der Waals surface area contributed by atoms with Gasteiger partial charge in [0, 0.05) is 56.1 Å². The van der Waals surface area contributed by atoms with E-state index >= 15 is 0 Å². The quantitative estimate of drug-likeness (QED) is 0.0843. The Morgan fingerprint density at radius 1 is 0.969 bits per heavy atom. The van der Waals surface area contributed by atoms with Crippen molar-refractivity contribution >= 4 is 29.5 Å². The van der Waals surface area contributed by atoms with E-state index in [0.717, 1.165) is 16.0 Å². The molecule has 1 aliphatic rings. The Bertz CT molecular complexity index is 2410. The fourth-order valence-corrected chi connectivity index (χ4v) is 7.28. The van der Waals surface area contributed by atoms with Gasteiger partial charge in [-0.25, -0.2) is 9.97 Å². The second-order valence-corrected chi connectivity index (χ2v) is 16.6. The van der Waals surface area contributed by atoms with Gasteiger partial charge >= 0.3 is 0 Å². The number of amides is 5. The molecular weight excluding hydrogens is 833 g/mol. The lowest BCUT2D eigenvalue weighted by atomic mass is 9.87. The first-order chi connectivity index (χ1) is 31.0. The van der Waals surface area contributed by atoms with Gasteiger partial charge in [-0.1, -0.05) is 57.2 Å². The third kappa shape index (κ3) is 12.2. The zero-order chi connectivity index (χ0) is 47.4. The minimum atomic E-state index is -1.44. The minimum absolute atomic E-state index is 0.00834. The largest absolute Gasteiger partial charge is 0.492 e. The van der Waals surface area contributed by atoms with Gasteiger partial charge in [0.05, 0.1) is 17.3 Å². The van der Waals surface area contributed by atoms with Gasteiger partial charge in [0.1, 0.15) is 55.4 Å². The number of aryl methyl sites for hydroxylation is 1. The molecule has 18 nitrogen and oxygen atoms in total. The van der Waals surface area contributed by atoms with Gasteiger partial charge in [-0.15, -0.1) is 0 Å². The molecule has 0 saturated carbocycles. The van der Waals surface area contributed by atoms with Crippen LogP contribution < -0.4 is 42.2 Å². The van der Waals surface area contributed by atoms with Gasteiger partial charge in [0.15, 0.2) is 5.82 Å². The maximum absolute atomic E-state index is 14.6. The Hall–Kier alpha value is -6.94. The number of aromatic nitrogens is 2. The smallest absolute Gasteiger partial charge is 0.255 e. The molecule has 344 valence electrons. The molecule has 0 aliphatic carbocycles. The number of carbonyl (C=O) groups excluding carboxylic acids is 5. The van der Waals surface area contributed by atoms with Crippen LogP contribution in [0.4, 0.5) is 0 Å². The molecule has 0 spiro atoms. The lowest BCUT2D eigenvalue weighted by molar-refractivity contribution is -0.142. The number of nitrogens with one attached hydrogen (secondary N) is 4. The molecule has 4 aromatic rings. The maximum Gasteiger partial charge on any atom is 0.255 e. The highest BCUT2D eigenvalue weighted by Gasteiger charge is 2.36. The molecule has 5 amide bonds. The molecule has 9 N–H and O–H groups in total. The molecular formula is C47H58N10O8. The first kappa shape index (κ1) is 49.1. The fraction of sp³-hybridized carbons (Fsp3) is 0.404. The van der Waals surface area contributed by atoms with Gasteiger partial charge in [-0.05, 0) is 66.6 Å². The van der Waals surface area contributed by atoms with Crippen LogP contribution in [0.3, 0.4) is 0 Å². The molecule has 0 radical (unpaired) electrons. The number of likely N-dealkylation sites (N-methyl/N-ethyl adjacent to an activating group) is 1. The van der Waals surface area contributed by atoms with Crippen LogP contribution in [0.15, 0.2) is 66.9 Å². The number of benzene rings is 3. The third-order valence-electron chi connectivity index (χ3n) is 10.8. The van der Waals surface area contributed by atoms with Crippen molar-refractivity contribution in [3.05, 3.63) is 94.8 Å². The highest BCUT2D eigenvalue weighted by Crippen LogP contribution is 2.40. The summed E-state index contributed by atoms with van der Waals surface area (Å²) >= 11 is 0. The standard InChI is InChI=1S/C47H58N10O8/c1-27-35(26-52-41(53-27)30-8-11-32(12-9-30)47(3,4)5)43(60)55-36(15-20-58)46(63)57(6)40-31-10-14-39(65-22-18-50)34(25-31)33-23-29(7-13-38(33)64-21-17-49)24-37(44(61)51-19-16-48)56-42(59)28(2)54-45(40)62/h7-14,23,25-26,28,36-37,40,58H,15,17-22,24,49-50H2,1-6H3,(H,51,61)(H,54,62)(H,55,60)(H,56,59)/t28-,36-,37-,40-/m0/s1. The average molecular weight is 891 g/mol. The van der Waals surface area contributed by atoms with Crippen molar-refractivity contribution in [2.45, 2.75) is 77.0 Å². The van der Waals surface area contributed by atoms with Crippen LogP contribution in [0.2, 0.25) is 0 Å². The van der Waals surface area contributed by atoms with Gasteiger partial charge in [0.2, 0.25) is 23.6 Å². The summed E-state index contributed by atoms with van der Waals surface area (Å²) in [6, 6.07) is 14.6. The van der Waals surface area contributed by atoms with Crippen molar-refractivity contribution in [1.82, 2.24) is 36.1 Å². The number of hydrogen-bond donors (Lipinski definition) is 7. The number of carbonyl (C=O) groups is 5. The summed E-state index contributed by atoms with van der Waals surface area (Å²) < 4.78 is 12.1. The van der Waals surface area contributed by atoms with E-state index in [-0.39, 0.29) is 62.2 Å². The number of aliphatic hydroxyl groups excluding tert-OH is 1. The van der Waals surface area contributed by atoms with Crippen molar-refractivity contribution in [1.29, 1.82) is 5.26 Å². The summed E-state index contributed by atoms with van der Waals surface area (Å²) in [6.45, 7) is 9.23. The number of nitrogens with two attached hydrogens (primary N) is 2. The van der Waals surface area contributed by atoms with Crippen LogP contribution in [0.5, 0.6) is 11.5 Å². The molecule has 0 fully saturated rings. The summed E-state index contributed by atoms with van der Waals surface area (Å²) in [6.07, 6.45) is 1.15. The van der Waals surface area contributed by atoms with Crippen molar-refractivity contribution in [2.24, 2.45) is 11.5 Å². The Morgan fingerprint density at radius 2 is 1.62 bits per heavy atom. The van der Waals surface area contributed by atoms with Crippen LogP contribution in [-0.4, -0.2) is 114 Å². The van der Waals surface area contributed by atoms with Crippen molar-refractivity contribution < 1.29 is 38.6 Å². The molecule has 5 rings (SSSR count). The highest BCUT2D eigenvalue weighted by molar-refractivity contribution is 6.00. The summed E-state index contributed by atoms with van der Waals surface area (Å²) in [7, 11) is 1.37. The number of nitrogens with zero attached hydrogens (tertiary/aromatic N) is 4. The van der Waals surface area contributed by atoms with Crippen LogP contribution >= 0.6 is 0 Å². The third-order valence-corrected chi connectivity index (χ3v) is 10.8. The van der Waals surface area contributed by atoms with Crippen molar-refractivity contribution in [3.63, 3.8) is 0 Å². The van der Waals surface area contributed by atoms with E-state index in [0.29, 0.717) is 39.7 Å². The fourth-order valence-electron chi connectivity index (χ4n) is 7.28. The second-order valence-electron chi connectivity index (χ2n) is 16.6. The number of aliphatic hydroxyl groups is 1. The predicted molar refractivity (Wildman–Crippen MR) is 242 cm³/mol. The summed E-state index contributed by atoms with van der Waals surface area (Å²) in [5, 5.41) is 29.9. The summed E-state index contributed by atoms with van der Waals surface area (Å²) in [5.41, 5.74) is 15.7. The minimum Gasteiger partial charge on any atom is -0.492 e. The normalized spacial score (nSPS) is 16.7. The molecule has 18 heteroatoms. The van der Waals surface area contributed by atoms with Crippen LogP contribution in [0, 0.1) is 18.3 Å². The van der Waals surface area contributed by atoms with E-state index in [4.69, 9.17) is 26.2 Å². The SMILES string of the molecule is Cc1nc(-c2ccc(C(C)(C)C)cc2)ncc1C(=O)N[C@@H](CCO)C(=O)N(C)[C@@H]1C(=O)N[C@@H](C)C(=O)N[C@H](C(=O)NCC#N)Cc2ccc(OCCN)c(c2)-c2cc1ccc2OCCN. The second kappa shape index (κ2) is 22.1. The Labute approximate surface area is 378 Å². The highest BCUT2D eigenvalue weighted by atomic mass is 16.5. The lowest BCUT2D eigenvalue weighted by Crippen LogP contribution is -2.56. The number of hydrogen-bond acceptors (Lipinski definition) is 13. The molecule has 65 heavy (non-hydrogen) atoms. The van der Waals surface area contributed by atoms with E-state index in [1.807, 2.05) is 30.3 Å². The molecule has 0 unspecified atom stereocenters. The zero-order valence-electron chi connectivity index (χ0n) is 37.6. The average Bonchev–Trinajstić information content (AvgIpc) is 3.28. The first-order valence-corrected chi connectivity index (χ1v) is 21.3. The van der Waals surface area contributed by atoms with Gasteiger partial charge in [-0.3, -0.25) is 24.0 Å². The topological polar surface area (TPSA) is 277 Å². The molecule has 4 atom stereocenters. The predicted octanol–water partition coefficient (Wildman–Crippen LogP) is 1.96. The van der Waals surface area contributed by atoms with E-state index < -0.39 is 60.3 Å². The van der Waals surface area contributed by atoms with Crippen molar-refractivity contribution in [2.75, 3.05) is 46.5 Å². The molecule has 1 aliphatic heterocycles. The Balaban J connectivity index is 1.55. The molecule has 4 bridgehead atoms. The molecule has 1 aromatic heterocycles. The number of fused-ring (bicyclic) bond motifs is 5. The Kier molecular flexibility index (Phi) is 16.7. The maximum atomic E-state index is 14.6. The van der Waals surface area contributed by atoms with Crippen LogP contribution in [0.25, 0.3) is 22.5 Å². The van der Waals surface area contributed by atoms with Crippen LogP contribution in [-0.2, 0) is 31.0 Å². The molecule has 0 saturated heterocycles. The monoisotopic (exact) mass is 890 g/mol. The lowest BCUT2D eigenvalue weighted by Gasteiger charge is -2.32. The summed E-state index contributed by atoms with van der Waals surface area (Å²) in [5.74, 6) is -2.41. The van der Waals surface area contributed by atoms with E-state index in [2.05, 4.69) is 52.0 Å². The number of ether oxygens (including phenoxy) is 2. The first-order valence-electron chi connectivity index (χ1n) is 21.3. The number of nitriles is 1. The number of rotatable bonds is 15. The van der Waals surface area contributed by atoms with Gasteiger partial charge < -0.3 is 52.2 Å². The van der Waals surface area contributed by atoms with E-state index in [1.54, 1.807) is 43.3 Å². The molecule has 2 heterocycles. The zero-order valence-corrected chi connectivity index (χ0v) is 37.6. The van der Waals surface area contributed by atoms with Crippen molar-refractivity contribution in [3.8, 4) is 40.1 Å². The molecule has 3 aromatic carbocycles. The van der Waals surface area contributed by atoms with Gasteiger partial charge in [-0.2, -0.15) is 5.26 Å². The summed E-state index contributed by atoms with van der Waals surface area (Å²) in [4.78, 5) is 80.1. The van der Waals surface area contributed by atoms with E-state index in [1.165, 1.54) is 20.2 Å². The van der Waals surface area contributed by atoms with Crippen LogP contribution in [0.1, 0.15) is 72.9 Å². The Morgan fingerprint density at radius 3 is 2.22 bits per heavy atom.